The SMILES string of the molecule is COc1ccccc1CN(C)CC(=O)Nc1cccc(S(=O)(=O)N2CCCCCC2)c1. The lowest BCUT2D eigenvalue weighted by atomic mass is 10.2. The molecule has 1 fully saturated rings. The first-order valence-corrected chi connectivity index (χ1v) is 12.0. The van der Waals surface area contributed by atoms with Crippen LogP contribution in [-0.2, 0) is 21.4 Å². The van der Waals surface area contributed by atoms with Crippen molar-refractivity contribution in [3.05, 3.63) is 54.1 Å². The normalized spacial score (nSPS) is 15.5. The van der Waals surface area contributed by atoms with E-state index in [1.54, 1.807) is 35.7 Å². The molecule has 0 aliphatic carbocycles. The number of nitrogens with zero attached hydrogens (tertiary/aromatic N) is 2. The van der Waals surface area contributed by atoms with Gasteiger partial charge in [0.15, 0.2) is 0 Å². The van der Waals surface area contributed by atoms with Crippen molar-refractivity contribution in [2.24, 2.45) is 0 Å². The number of likely N-dealkylation sites (N-methyl/N-ethyl adjacent to an activating group) is 1. The largest absolute Gasteiger partial charge is 0.496 e. The molecule has 1 aliphatic rings. The molecule has 0 radical (unpaired) electrons. The fraction of sp³-hybridized carbons (Fsp3) is 0.435. The van der Waals surface area contributed by atoms with Crippen molar-refractivity contribution in [3.63, 3.8) is 0 Å². The number of carbonyl (C=O) groups excluding carboxylic acids is 1. The Morgan fingerprint density at radius 2 is 1.77 bits per heavy atom. The average molecular weight is 446 g/mol. The molecule has 1 amide bonds. The van der Waals surface area contributed by atoms with Gasteiger partial charge in [0.05, 0.1) is 18.6 Å². The van der Waals surface area contributed by atoms with E-state index in [-0.39, 0.29) is 17.3 Å². The smallest absolute Gasteiger partial charge is 0.243 e. The molecule has 8 heteroatoms. The number of hydrogen-bond acceptors (Lipinski definition) is 5. The molecule has 0 atom stereocenters. The van der Waals surface area contributed by atoms with Crippen molar-refractivity contribution in [2.75, 3.05) is 39.1 Å². The second-order valence-electron chi connectivity index (χ2n) is 7.88. The molecule has 31 heavy (non-hydrogen) atoms. The Labute approximate surface area is 185 Å². The van der Waals surface area contributed by atoms with Crippen LogP contribution in [0.15, 0.2) is 53.4 Å². The van der Waals surface area contributed by atoms with E-state index < -0.39 is 10.0 Å². The first-order chi connectivity index (χ1) is 14.9. The summed E-state index contributed by atoms with van der Waals surface area (Å²) in [5, 5.41) is 2.82. The molecule has 7 nitrogen and oxygen atoms in total. The molecule has 2 aromatic rings. The summed E-state index contributed by atoms with van der Waals surface area (Å²) in [6.07, 6.45) is 3.89. The molecule has 2 aromatic carbocycles. The van der Waals surface area contributed by atoms with Crippen molar-refractivity contribution in [1.82, 2.24) is 9.21 Å². The topological polar surface area (TPSA) is 79.0 Å². The van der Waals surface area contributed by atoms with E-state index in [2.05, 4.69) is 5.32 Å². The zero-order valence-electron chi connectivity index (χ0n) is 18.2. The lowest BCUT2D eigenvalue weighted by Gasteiger charge is -2.20. The summed E-state index contributed by atoms with van der Waals surface area (Å²) >= 11 is 0. The Kier molecular flexibility index (Phi) is 8.06. The van der Waals surface area contributed by atoms with Gasteiger partial charge in [0.1, 0.15) is 5.75 Å². The summed E-state index contributed by atoms with van der Waals surface area (Å²) in [5.74, 6) is 0.572. The molecule has 0 saturated carbocycles. The highest BCUT2D eigenvalue weighted by atomic mass is 32.2. The van der Waals surface area contributed by atoms with Crippen LogP contribution in [0.3, 0.4) is 0 Å². The van der Waals surface area contributed by atoms with E-state index in [1.165, 1.54) is 0 Å². The van der Waals surface area contributed by atoms with E-state index in [0.717, 1.165) is 37.0 Å². The van der Waals surface area contributed by atoms with E-state index in [1.807, 2.05) is 36.2 Å². The second-order valence-corrected chi connectivity index (χ2v) is 9.82. The van der Waals surface area contributed by atoms with Gasteiger partial charge in [0.25, 0.3) is 0 Å². The van der Waals surface area contributed by atoms with E-state index in [9.17, 15) is 13.2 Å². The molecule has 1 saturated heterocycles. The fourth-order valence-electron chi connectivity index (χ4n) is 3.79. The average Bonchev–Trinajstić information content (AvgIpc) is 3.04. The van der Waals surface area contributed by atoms with Gasteiger partial charge in [0, 0.05) is 30.9 Å². The Morgan fingerprint density at radius 1 is 1.06 bits per heavy atom. The maximum atomic E-state index is 13.0. The van der Waals surface area contributed by atoms with Gasteiger partial charge in [-0.05, 0) is 44.2 Å². The Hall–Kier alpha value is -2.42. The number of anilines is 1. The summed E-state index contributed by atoms with van der Waals surface area (Å²) in [7, 11) is -0.0807. The third-order valence-electron chi connectivity index (χ3n) is 5.37. The minimum Gasteiger partial charge on any atom is -0.496 e. The van der Waals surface area contributed by atoms with Crippen LogP contribution in [0.5, 0.6) is 5.75 Å². The zero-order chi connectivity index (χ0) is 22.3. The van der Waals surface area contributed by atoms with Gasteiger partial charge < -0.3 is 10.1 Å². The van der Waals surface area contributed by atoms with Crippen molar-refractivity contribution >= 4 is 21.6 Å². The third-order valence-corrected chi connectivity index (χ3v) is 7.26. The van der Waals surface area contributed by atoms with Crippen molar-refractivity contribution in [2.45, 2.75) is 37.1 Å². The van der Waals surface area contributed by atoms with Gasteiger partial charge in [-0.15, -0.1) is 0 Å². The molecular formula is C23H31N3O4S. The standard InChI is InChI=1S/C23H31N3O4S/c1-25(17-19-10-5-6-13-22(19)30-2)18-23(27)24-20-11-9-12-21(16-20)31(28,29)26-14-7-3-4-8-15-26/h5-6,9-13,16H,3-4,7-8,14-15,17-18H2,1-2H3,(H,24,27). The number of benzene rings is 2. The lowest BCUT2D eigenvalue weighted by molar-refractivity contribution is -0.117. The van der Waals surface area contributed by atoms with Gasteiger partial charge in [-0.25, -0.2) is 8.42 Å². The van der Waals surface area contributed by atoms with E-state index in [4.69, 9.17) is 4.74 Å². The fourth-order valence-corrected chi connectivity index (χ4v) is 5.35. The minimum atomic E-state index is -3.56. The van der Waals surface area contributed by atoms with Crippen LogP contribution in [0.25, 0.3) is 0 Å². The van der Waals surface area contributed by atoms with Gasteiger partial charge in [-0.2, -0.15) is 4.31 Å². The highest BCUT2D eigenvalue weighted by Crippen LogP contribution is 2.23. The highest BCUT2D eigenvalue weighted by molar-refractivity contribution is 7.89. The lowest BCUT2D eigenvalue weighted by Crippen LogP contribution is -2.32. The van der Waals surface area contributed by atoms with Crippen molar-refractivity contribution < 1.29 is 17.9 Å². The highest BCUT2D eigenvalue weighted by Gasteiger charge is 2.25. The van der Waals surface area contributed by atoms with Gasteiger partial charge in [-0.1, -0.05) is 37.1 Å². The zero-order valence-corrected chi connectivity index (χ0v) is 19.0. The summed E-state index contributed by atoms with van der Waals surface area (Å²) < 4.78 is 32.9. The minimum absolute atomic E-state index is 0.168. The van der Waals surface area contributed by atoms with Gasteiger partial charge in [-0.3, -0.25) is 9.69 Å². The van der Waals surface area contributed by atoms with Crippen LogP contribution in [0.1, 0.15) is 31.2 Å². The molecule has 168 valence electrons. The number of nitrogens with one attached hydrogen (secondary N) is 1. The quantitative estimate of drug-likeness (QED) is 0.674. The molecule has 3 rings (SSSR count). The number of methoxy groups -OCH3 is 1. The summed E-state index contributed by atoms with van der Waals surface area (Å²) in [6, 6.07) is 14.2. The first-order valence-electron chi connectivity index (χ1n) is 10.6. The monoisotopic (exact) mass is 445 g/mol. The number of sulfonamides is 1. The number of hydrogen-bond donors (Lipinski definition) is 1. The first kappa shape index (κ1) is 23.2. The molecule has 0 spiro atoms. The molecule has 0 aromatic heterocycles. The van der Waals surface area contributed by atoms with Crippen LogP contribution < -0.4 is 10.1 Å². The van der Waals surface area contributed by atoms with Gasteiger partial charge in [0.2, 0.25) is 15.9 Å². The molecule has 1 aliphatic heterocycles. The Morgan fingerprint density at radius 3 is 2.48 bits per heavy atom. The Balaban J connectivity index is 1.63. The summed E-state index contributed by atoms with van der Waals surface area (Å²) in [6.45, 7) is 1.82. The second kappa shape index (κ2) is 10.7. The predicted octanol–water partition coefficient (Wildman–Crippen LogP) is 3.33. The number of rotatable bonds is 8. The third kappa shape index (κ3) is 6.29. The van der Waals surface area contributed by atoms with E-state index in [0.29, 0.717) is 25.3 Å². The maximum absolute atomic E-state index is 13.0. The van der Waals surface area contributed by atoms with Crippen LogP contribution in [-0.4, -0.2) is 57.3 Å². The predicted molar refractivity (Wildman–Crippen MR) is 122 cm³/mol. The number of ether oxygens (including phenoxy) is 1. The Bertz CT molecular complexity index is 986. The number of para-hydroxylation sites is 1. The summed E-state index contributed by atoms with van der Waals surface area (Å²) in [5.41, 5.74) is 1.47. The van der Waals surface area contributed by atoms with Crippen molar-refractivity contribution in [1.29, 1.82) is 0 Å². The van der Waals surface area contributed by atoms with E-state index >= 15 is 0 Å². The molecule has 1 heterocycles. The van der Waals surface area contributed by atoms with Crippen LogP contribution in [0.4, 0.5) is 5.69 Å². The van der Waals surface area contributed by atoms with Crippen LogP contribution in [0, 0.1) is 0 Å². The molecule has 0 unspecified atom stereocenters. The molecule has 1 N–H and O–H groups in total. The van der Waals surface area contributed by atoms with Crippen molar-refractivity contribution in [3.8, 4) is 5.75 Å². The maximum Gasteiger partial charge on any atom is 0.243 e. The molecule has 0 bridgehead atoms. The number of amides is 1. The summed E-state index contributed by atoms with van der Waals surface area (Å²) in [4.78, 5) is 14.6. The number of carbonyl (C=O) groups is 1. The van der Waals surface area contributed by atoms with Crippen LogP contribution >= 0.6 is 0 Å². The molecular weight excluding hydrogens is 414 g/mol. The van der Waals surface area contributed by atoms with Crippen LogP contribution in [0.2, 0.25) is 0 Å². The van der Waals surface area contributed by atoms with Gasteiger partial charge >= 0.3 is 0 Å².